The van der Waals surface area contributed by atoms with Gasteiger partial charge in [0.2, 0.25) is 11.8 Å². The minimum Gasteiger partial charge on any atom is -0.389 e. The summed E-state index contributed by atoms with van der Waals surface area (Å²) >= 11 is 0. The molecule has 22 heavy (non-hydrogen) atoms. The zero-order chi connectivity index (χ0) is 16.3. The molecule has 0 spiro atoms. The molecule has 5 N–H and O–H groups in total. The zero-order valence-corrected chi connectivity index (χ0v) is 12.7. The highest BCUT2D eigenvalue weighted by Gasteiger charge is 2.48. The molecule has 0 radical (unpaired) electrons. The summed E-state index contributed by atoms with van der Waals surface area (Å²) in [5, 5.41) is 15.9. The minimum absolute atomic E-state index is 0.275. The molecule has 0 bridgehead atoms. The van der Waals surface area contributed by atoms with Crippen LogP contribution < -0.4 is 16.4 Å². The van der Waals surface area contributed by atoms with Crippen molar-refractivity contribution in [2.75, 3.05) is 13.1 Å². The first-order valence-corrected chi connectivity index (χ1v) is 7.69. The third-order valence-corrected chi connectivity index (χ3v) is 4.40. The Balaban J connectivity index is 2.32. The van der Waals surface area contributed by atoms with Crippen LogP contribution in [0.15, 0.2) is 0 Å². The molecule has 2 amide bonds. The van der Waals surface area contributed by atoms with Crippen molar-refractivity contribution in [1.82, 2.24) is 15.5 Å². The molecule has 124 valence electrons. The lowest BCUT2D eigenvalue weighted by molar-refractivity contribution is -0.162. The molecule has 2 saturated heterocycles. The van der Waals surface area contributed by atoms with Gasteiger partial charge in [-0.05, 0) is 45.7 Å². The largest absolute Gasteiger partial charge is 0.389 e. The van der Waals surface area contributed by atoms with Gasteiger partial charge in [0.25, 0.3) is 0 Å². The van der Waals surface area contributed by atoms with Crippen LogP contribution in [-0.4, -0.2) is 65.0 Å². The van der Waals surface area contributed by atoms with Crippen LogP contribution >= 0.6 is 0 Å². The van der Waals surface area contributed by atoms with E-state index in [2.05, 4.69) is 10.6 Å². The molecular weight excluding hydrogens is 288 g/mol. The first-order chi connectivity index (χ1) is 10.4. The fourth-order valence-corrected chi connectivity index (χ4v) is 2.93. The number of carbonyl (C=O) groups excluding carboxylic acids is 3. The van der Waals surface area contributed by atoms with Crippen molar-refractivity contribution in [3.63, 3.8) is 0 Å². The second-order valence-electron chi connectivity index (χ2n) is 5.99. The average molecular weight is 312 g/mol. The van der Waals surface area contributed by atoms with Gasteiger partial charge in [0.1, 0.15) is 0 Å². The molecule has 8 nitrogen and oxygen atoms in total. The number of hydrogen-bond donors (Lipinski definition) is 4. The van der Waals surface area contributed by atoms with Gasteiger partial charge in [-0.15, -0.1) is 0 Å². The van der Waals surface area contributed by atoms with Crippen molar-refractivity contribution in [3.05, 3.63) is 0 Å². The van der Waals surface area contributed by atoms with Crippen LogP contribution in [0.5, 0.6) is 0 Å². The van der Waals surface area contributed by atoms with Gasteiger partial charge in [-0.2, -0.15) is 0 Å². The zero-order valence-electron chi connectivity index (χ0n) is 12.7. The fraction of sp³-hybridized carbons (Fsp3) is 0.786. The van der Waals surface area contributed by atoms with Gasteiger partial charge in [0, 0.05) is 0 Å². The van der Waals surface area contributed by atoms with Gasteiger partial charge < -0.3 is 15.7 Å². The number of rotatable bonds is 5. The van der Waals surface area contributed by atoms with Crippen molar-refractivity contribution in [2.45, 2.75) is 56.5 Å². The monoisotopic (exact) mass is 312 g/mol. The fourth-order valence-electron chi connectivity index (χ4n) is 2.93. The van der Waals surface area contributed by atoms with Crippen molar-refractivity contribution in [1.29, 1.82) is 0 Å². The molecule has 0 aromatic carbocycles. The minimum atomic E-state index is -2.05. The first kappa shape index (κ1) is 17.0. The van der Waals surface area contributed by atoms with E-state index in [4.69, 9.17) is 5.73 Å². The molecule has 0 aromatic heterocycles. The van der Waals surface area contributed by atoms with E-state index in [9.17, 15) is 19.5 Å². The second-order valence-corrected chi connectivity index (χ2v) is 5.99. The lowest BCUT2D eigenvalue weighted by atomic mass is 10.0. The summed E-state index contributed by atoms with van der Waals surface area (Å²) in [7, 11) is 0. The third kappa shape index (κ3) is 3.05. The molecular formula is C14H24N4O4. The van der Waals surface area contributed by atoms with Gasteiger partial charge >= 0.3 is 0 Å². The van der Waals surface area contributed by atoms with Crippen LogP contribution in [0.4, 0.5) is 0 Å². The van der Waals surface area contributed by atoms with E-state index in [1.165, 1.54) is 6.92 Å². The van der Waals surface area contributed by atoms with Crippen LogP contribution in [0.1, 0.15) is 32.6 Å². The Bertz CT molecular complexity index is 416. The highest BCUT2D eigenvalue weighted by Crippen LogP contribution is 2.20. The summed E-state index contributed by atoms with van der Waals surface area (Å²) in [5.41, 5.74) is 3.88. The van der Waals surface area contributed by atoms with E-state index in [-0.39, 0.29) is 6.29 Å². The maximum Gasteiger partial charge on any atom is 0.248 e. The van der Waals surface area contributed by atoms with E-state index in [1.807, 2.05) is 0 Å². The normalized spacial score (nSPS) is 28.9. The molecule has 0 saturated carbocycles. The summed E-state index contributed by atoms with van der Waals surface area (Å²) in [6.45, 7) is 2.65. The highest BCUT2D eigenvalue weighted by atomic mass is 16.3. The number of imide groups is 1. The predicted octanol–water partition coefficient (Wildman–Crippen LogP) is -1.92. The van der Waals surface area contributed by atoms with Crippen LogP contribution in [-0.2, 0) is 14.4 Å². The Labute approximate surface area is 129 Å². The number of amides is 2. The lowest BCUT2D eigenvalue weighted by Gasteiger charge is -2.39. The molecule has 2 fully saturated rings. The Kier molecular flexibility index (Phi) is 5.28. The molecule has 2 rings (SSSR count). The maximum atomic E-state index is 12.7. The van der Waals surface area contributed by atoms with E-state index < -0.39 is 35.7 Å². The molecule has 2 aliphatic rings. The van der Waals surface area contributed by atoms with E-state index in [0.717, 1.165) is 17.7 Å². The summed E-state index contributed by atoms with van der Waals surface area (Å²) in [4.78, 5) is 37.7. The maximum absolute atomic E-state index is 12.7. The van der Waals surface area contributed by atoms with E-state index >= 15 is 0 Å². The van der Waals surface area contributed by atoms with Gasteiger partial charge in [0.05, 0.1) is 18.2 Å². The lowest BCUT2D eigenvalue weighted by Crippen LogP contribution is -2.71. The van der Waals surface area contributed by atoms with E-state index in [0.29, 0.717) is 25.9 Å². The number of nitrogens with two attached hydrogens (primary N) is 1. The number of aliphatic hydroxyl groups is 1. The predicted molar refractivity (Wildman–Crippen MR) is 78.6 cm³/mol. The highest BCUT2D eigenvalue weighted by molar-refractivity contribution is 6.03. The van der Waals surface area contributed by atoms with Crippen molar-refractivity contribution < 1.29 is 19.5 Å². The number of aldehydes is 1. The first-order valence-electron chi connectivity index (χ1n) is 7.69. The van der Waals surface area contributed by atoms with Crippen molar-refractivity contribution in [2.24, 2.45) is 5.73 Å². The standard InChI is InChI=1S/C14H24N4O4/c1-9(20)14(15,8-19)18(12(21)10-4-2-6-16-10)13(22)11-5-3-7-17-11/h8-11,16-17,20H,2-7,15H2,1H3/t9-,10-,11+,14-/m1/s1. The number of nitrogens with zero attached hydrogens (tertiary/aromatic N) is 1. The third-order valence-electron chi connectivity index (χ3n) is 4.40. The summed E-state index contributed by atoms with van der Waals surface area (Å²) in [6.07, 6.45) is 1.70. The van der Waals surface area contributed by atoms with Gasteiger partial charge in [-0.25, -0.2) is 0 Å². The number of nitrogens with one attached hydrogen (secondary N) is 2. The van der Waals surface area contributed by atoms with Crippen LogP contribution in [0.3, 0.4) is 0 Å². The molecule has 0 unspecified atom stereocenters. The van der Waals surface area contributed by atoms with Crippen molar-refractivity contribution >= 4 is 18.1 Å². The van der Waals surface area contributed by atoms with Crippen LogP contribution in [0.25, 0.3) is 0 Å². The van der Waals surface area contributed by atoms with Crippen LogP contribution in [0.2, 0.25) is 0 Å². The van der Waals surface area contributed by atoms with Gasteiger partial charge in [-0.1, -0.05) is 0 Å². The summed E-state index contributed by atoms with van der Waals surface area (Å²) < 4.78 is 0. The Morgan fingerprint density at radius 2 is 1.68 bits per heavy atom. The molecule has 0 aromatic rings. The Morgan fingerprint density at radius 3 is 1.95 bits per heavy atom. The van der Waals surface area contributed by atoms with E-state index in [1.54, 1.807) is 0 Å². The Morgan fingerprint density at radius 1 is 1.23 bits per heavy atom. The Hall–Kier alpha value is -1.35. The van der Waals surface area contributed by atoms with Gasteiger partial charge in [0.15, 0.2) is 11.9 Å². The number of carbonyl (C=O) groups is 3. The molecule has 2 aliphatic heterocycles. The smallest absolute Gasteiger partial charge is 0.248 e. The van der Waals surface area contributed by atoms with Crippen molar-refractivity contribution in [3.8, 4) is 0 Å². The van der Waals surface area contributed by atoms with Gasteiger partial charge in [-0.3, -0.25) is 25.0 Å². The average Bonchev–Trinajstić information content (AvgIpc) is 3.19. The molecule has 8 heteroatoms. The number of aliphatic hydroxyl groups excluding tert-OH is 1. The SMILES string of the molecule is C[C@@H](O)[C@@](N)(C=O)N(C(=O)[C@@H]1CCCN1)C(=O)[C@H]1CCCN1. The number of hydrogen-bond acceptors (Lipinski definition) is 7. The molecule has 2 heterocycles. The summed E-state index contributed by atoms with van der Waals surface area (Å²) in [5.74, 6) is -1.10. The van der Waals surface area contributed by atoms with Crippen LogP contribution in [0, 0.1) is 0 Å². The quantitative estimate of drug-likeness (QED) is 0.265. The molecule has 4 atom stereocenters. The second kappa shape index (κ2) is 6.82. The summed E-state index contributed by atoms with van der Waals surface area (Å²) in [6, 6.07) is -1.10. The molecule has 0 aliphatic carbocycles. The topological polar surface area (TPSA) is 125 Å².